The third kappa shape index (κ3) is 3.81. The van der Waals surface area contributed by atoms with Crippen LogP contribution in [0.3, 0.4) is 0 Å². The zero-order valence-electron chi connectivity index (χ0n) is 14.7. The Morgan fingerprint density at radius 3 is 2.67 bits per heavy atom. The second-order valence-electron chi connectivity index (χ2n) is 6.93. The standard InChI is InChI=1S/C20H29NO3/c1-2-23-19(22)20(17-7-4-3-5-8-17)11-14-21(15-12-20)13-10-18-9-6-16-24-18/h3-5,7-8,18H,2,6,9-16H2,1H3. The molecule has 0 radical (unpaired) electrons. The Kier molecular flexibility index (Phi) is 5.90. The Morgan fingerprint density at radius 2 is 2.04 bits per heavy atom. The summed E-state index contributed by atoms with van der Waals surface area (Å²) >= 11 is 0. The van der Waals surface area contributed by atoms with Crippen LogP contribution in [-0.2, 0) is 19.7 Å². The summed E-state index contributed by atoms with van der Waals surface area (Å²) in [6.07, 6.45) is 5.62. The number of likely N-dealkylation sites (tertiary alicyclic amines) is 1. The van der Waals surface area contributed by atoms with Crippen LogP contribution in [-0.4, -0.2) is 49.8 Å². The molecular weight excluding hydrogens is 302 g/mol. The lowest BCUT2D eigenvalue weighted by Crippen LogP contribution is -2.48. The molecule has 2 aliphatic rings. The highest BCUT2D eigenvalue weighted by atomic mass is 16.5. The summed E-state index contributed by atoms with van der Waals surface area (Å²) in [7, 11) is 0. The van der Waals surface area contributed by atoms with Gasteiger partial charge in [-0.05, 0) is 57.7 Å². The number of piperidine rings is 1. The molecule has 0 spiro atoms. The highest BCUT2D eigenvalue weighted by Crippen LogP contribution is 2.37. The van der Waals surface area contributed by atoms with Crippen LogP contribution < -0.4 is 0 Å². The van der Waals surface area contributed by atoms with E-state index in [2.05, 4.69) is 17.0 Å². The molecule has 1 aromatic rings. The predicted molar refractivity (Wildman–Crippen MR) is 94.0 cm³/mol. The van der Waals surface area contributed by atoms with Crippen molar-refractivity contribution in [2.45, 2.75) is 50.5 Å². The molecule has 1 atom stereocenters. The number of carbonyl (C=O) groups is 1. The fourth-order valence-corrected chi connectivity index (χ4v) is 3.99. The average Bonchev–Trinajstić information content (AvgIpc) is 3.15. The van der Waals surface area contributed by atoms with Gasteiger partial charge >= 0.3 is 5.97 Å². The van der Waals surface area contributed by atoms with E-state index in [-0.39, 0.29) is 5.97 Å². The molecule has 4 nitrogen and oxygen atoms in total. The van der Waals surface area contributed by atoms with E-state index in [4.69, 9.17) is 9.47 Å². The lowest BCUT2D eigenvalue weighted by molar-refractivity contribution is -0.152. The summed E-state index contributed by atoms with van der Waals surface area (Å²) in [5.74, 6) is -0.0602. The highest BCUT2D eigenvalue weighted by Gasteiger charge is 2.44. The lowest BCUT2D eigenvalue weighted by atomic mass is 9.72. The number of ether oxygens (including phenoxy) is 2. The first-order valence-electron chi connectivity index (χ1n) is 9.31. The highest BCUT2D eigenvalue weighted by molar-refractivity contribution is 5.83. The molecule has 4 heteroatoms. The van der Waals surface area contributed by atoms with E-state index < -0.39 is 5.41 Å². The molecule has 2 aliphatic heterocycles. The first-order chi connectivity index (χ1) is 11.7. The van der Waals surface area contributed by atoms with Crippen molar-refractivity contribution in [3.05, 3.63) is 35.9 Å². The Hall–Kier alpha value is -1.39. The van der Waals surface area contributed by atoms with Crippen molar-refractivity contribution in [3.63, 3.8) is 0 Å². The molecule has 0 N–H and O–H groups in total. The van der Waals surface area contributed by atoms with Crippen molar-refractivity contribution >= 4 is 5.97 Å². The molecule has 2 fully saturated rings. The van der Waals surface area contributed by atoms with Crippen molar-refractivity contribution in [1.82, 2.24) is 4.90 Å². The molecule has 0 saturated carbocycles. The molecule has 2 saturated heterocycles. The SMILES string of the molecule is CCOC(=O)C1(c2ccccc2)CCN(CCC2CCCO2)CC1. The second-order valence-corrected chi connectivity index (χ2v) is 6.93. The topological polar surface area (TPSA) is 38.8 Å². The quantitative estimate of drug-likeness (QED) is 0.751. The zero-order valence-corrected chi connectivity index (χ0v) is 14.7. The van der Waals surface area contributed by atoms with E-state index in [9.17, 15) is 4.79 Å². The van der Waals surface area contributed by atoms with Gasteiger partial charge < -0.3 is 14.4 Å². The first-order valence-corrected chi connectivity index (χ1v) is 9.31. The molecule has 0 bridgehead atoms. The zero-order chi connectivity index (χ0) is 16.8. The van der Waals surface area contributed by atoms with Crippen LogP contribution >= 0.6 is 0 Å². The van der Waals surface area contributed by atoms with Crippen LogP contribution in [0.25, 0.3) is 0 Å². The Bertz CT molecular complexity index is 517. The van der Waals surface area contributed by atoms with E-state index in [1.54, 1.807) is 0 Å². The number of hydrogen-bond donors (Lipinski definition) is 0. The molecular formula is C20H29NO3. The van der Waals surface area contributed by atoms with Gasteiger partial charge in [-0.2, -0.15) is 0 Å². The van der Waals surface area contributed by atoms with Gasteiger partial charge in [0.2, 0.25) is 0 Å². The minimum atomic E-state index is -0.475. The summed E-state index contributed by atoms with van der Waals surface area (Å²) in [5.41, 5.74) is 0.625. The van der Waals surface area contributed by atoms with Crippen molar-refractivity contribution in [3.8, 4) is 0 Å². The van der Waals surface area contributed by atoms with Crippen molar-refractivity contribution in [1.29, 1.82) is 0 Å². The molecule has 0 aliphatic carbocycles. The summed E-state index contributed by atoms with van der Waals surface area (Å²) < 4.78 is 11.2. The van der Waals surface area contributed by atoms with Gasteiger partial charge in [-0.25, -0.2) is 0 Å². The molecule has 1 aromatic carbocycles. The van der Waals surface area contributed by atoms with Gasteiger partial charge in [-0.3, -0.25) is 4.79 Å². The number of benzene rings is 1. The molecule has 0 aromatic heterocycles. The van der Waals surface area contributed by atoms with E-state index in [1.165, 1.54) is 12.8 Å². The van der Waals surface area contributed by atoms with E-state index >= 15 is 0 Å². The minimum absolute atomic E-state index is 0.0602. The van der Waals surface area contributed by atoms with Crippen LogP contribution in [0.2, 0.25) is 0 Å². The maximum atomic E-state index is 12.7. The first kappa shape index (κ1) is 17.4. The van der Waals surface area contributed by atoms with Crippen LogP contribution in [0.4, 0.5) is 0 Å². The molecule has 1 unspecified atom stereocenters. The summed E-state index contributed by atoms with van der Waals surface area (Å²) in [6.45, 7) is 6.20. The maximum Gasteiger partial charge on any atom is 0.316 e. The summed E-state index contributed by atoms with van der Waals surface area (Å²) in [6, 6.07) is 10.2. The Labute approximate surface area is 145 Å². The normalized spacial score (nSPS) is 24.0. The fourth-order valence-electron chi connectivity index (χ4n) is 3.99. The van der Waals surface area contributed by atoms with Crippen LogP contribution in [0.1, 0.15) is 44.6 Å². The van der Waals surface area contributed by atoms with Crippen molar-refractivity contribution in [2.24, 2.45) is 0 Å². The summed E-state index contributed by atoms with van der Waals surface area (Å²) in [4.78, 5) is 15.2. The molecule has 0 amide bonds. The predicted octanol–water partition coefficient (Wildman–Crippen LogP) is 3.15. The van der Waals surface area contributed by atoms with Gasteiger partial charge in [0.05, 0.1) is 18.1 Å². The number of hydrogen-bond acceptors (Lipinski definition) is 4. The smallest absolute Gasteiger partial charge is 0.316 e. The third-order valence-electron chi connectivity index (χ3n) is 5.49. The van der Waals surface area contributed by atoms with E-state index in [1.807, 2.05) is 25.1 Å². The van der Waals surface area contributed by atoms with Gasteiger partial charge in [-0.15, -0.1) is 0 Å². The number of esters is 1. The van der Waals surface area contributed by atoms with Gasteiger partial charge in [0.15, 0.2) is 0 Å². The van der Waals surface area contributed by atoms with Crippen LogP contribution in [0.15, 0.2) is 30.3 Å². The monoisotopic (exact) mass is 331 g/mol. The maximum absolute atomic E-state index is 12.7. The van der Waals surface area contributed by atoms with Crippen LogP contribution in [0, 0.1) is 0 Å². The average molecular weight is 331 g/mol. The molecule has 24 heavy (non-hydrogen) atoms. The van der Waals surface area contributed by atoms with E-state index in [0.717, 1.165) is 51.1 Å². The number of nitrogens with zero attached hydrogens (tertiary/aromatic N) is 1. The minimum Gasteiger partial charge on any atom is -0.465 e. The Balaban J connectivity index is 1.63. The summed E-state index contributed by atoms with van der Waals surface area (Å²) in [5, 5.41) is 0. The van der Waals surface area contributed by atoms with Crippen LogP contribution in [0.5, 0.6) is 0 Å². The third-order valence-corrected chi connectivity index (χ3v) is 5.49. The number of rotatable bonds is 6. The second kappa shape index (κ2) is 8.13. The lowest BCUT2D eigenvalue weighted by Gasteiger charge is -2.40. The molecule has 3 rings (SSSR count). The van der Waals surface area contributed by atoms with E-state index in [0.29, 0.717) is 12.7 Å². The van der Waals surface area contributed by atoms with Gasteiger partial charge in [0.1, 0.15) is 0 Å². The fraction of sp³-hybridized carbons (Fsp3) is 0.650. The molecule has 132 valence electrons. The molecule has 2 heterocycles. The van der Waals surface area contributed by atoms with Crippen molar-refractivity contribution in [2.75, 3.05) is 32.8 Å². The Morgan fingerprint density at radius 1 is 1.29 bits per heavy atom. The van der Waals surface area contributed by atoms with Crippen molar-refractivity contribution < 1.29 is 14.3 Å². The van der Waals surface area contributed by atoms with Gasteiger partial charge in [0, 0.05) is 13.2 Å². The van der Waals surface area contributed by atoms with Gasteiger partial charge in [0.25, 0.3) is 0 Å². The number of carbonyl (C=O) groups excluding carboxylic acids is 1. The van der Waals surface area contributed by atoms with Gasteiger partial charge in [-0.1, -0.05) is 30.3 Å². The largest absolute Gasteiger partial charge is 0.465 e.